The lowest BCUT2D eigenvalue weighted by atomic mass is 10.1. The molecule has 0 bridgehead atoms. The fourth-order valence-electron chi connectivity index (χ4n) is 2.08. The average molecular weight is 221 g/mol. The van der Waals surface area contributed by atoms with Crippen LogP contribution in [0.4, 0.5) is 5.69 Å². The minimum Gasteiger partial charge on any atom is -0.381 e. The molecule has 1 fully saturated rings. The molecule has 4 nitrogen and oxygen atoms in total. The molecule has 0 radical (unpaired) electrons. The predicted octanol–water partition coefficient (Wildman–Crippen LogP) is 1.16. The summed E-state index contributed by atoms with van der Waals surface area (Å²) < 4.78 is 5.37. The van der Waals surface area contributed by atoms with E-state index in [1.54, 1.807) is 0 Å². The van der Waals surface area contributed by atoms with Crippen LogP contribution in [-0.4, -0.2) is 31.3 Å². The number of pyridine rings is 1. The van der Waals surface area contributed by atoms with Crippen molar-refractivity contribution in [3.05, 3.63) is 24.0 Å². The Bertz CT molecular complexity index is 337. The molecule has 2 heterocycles. The largest absolute Gasteiger partial charge is 0.381 e. The number of nitrogens with zero attached hydrogens (tertiary/aromatic N) is 2. The van der Waals surface area contributed by atoms with Crippen LogP contribution in [0.25, 0.3) is 0 Å². The van der Waals surface area contributed by atoms with Crippen molar-refractivity contribution in [2.45, 2.75) is 25.4 Å². The molecule has 0 aliphatic carbocycles. The molecule has 1 aliphatic rings. The first-order chi connectivity index (χ1) is 7.81. The zero-order valence-electron chi connectivity index (χ0n) is 9.72. The normalized spacial score (nSPS) is 17.4. The van der Waals surface area contributed by atoms with E-state index in [2.05, 4.69) is 23.0 Å². The van der Waals surface area contributed by atoms with Crippen LogP contribution < -0.4 is 10.6 Å². The van der Waals surface area contributed by atoms with Crippen molar-refractivity contribution < 1.29 is 4.74 Å². The zero-order valence-corrected chi connectivity index (χ0v) is 9.72. The molecule has 4 heteroatoms. The Hall–Kier alpha value is -1.13. The van der Waals surface area contributed by atoms with Crippen molar-refractivity contribution in [1.82, 2.24) is 4.98 Å². The highest BCUT2D eigenvalue weighted by Crippen LogP contribution is 2.21. The first-order valence-corrected chi connectivity index (χ1v) is 5.77. The van der Waals surface area contributed by atoms with E-state index in [0.29, 0.717) is 12.6 Å². The van der Waals surface area contributed by atoms with Gasteiger partial charge in [0, 0.05) is 44.7 Å². The molecule has 1 aromatic heterocycles. The van der Waals surface area contributed by atoms with Gasteiger partial charge >= 0.3 is 0 Å². The molecule has 1 aliphatic heterocycles. The maximum Gasteiger partial charge on any atom is 0.0560 e. The quantitative estimate of drug-likeness (QED) is 0.832. The third-order valence-corrected chi connectivity index (χ3v) is 3.16. The minimum absolute atomic E-state index is 0.495. The van der Waals surface area contributed by atoms with Crippen LogP contribution in [0, 0.1) is 0 Å². The summed E-state index contributed by atoms with van der Waals surface area (Å²) in [5.74, 6) is 0. The second-order valence-corrected chi connectivity index (χ2v) is 4.16. The highest BCUT2D eigenvalue weighted by molar-refractivity contribution is 5.46. The summed E-state index contributed by atoms with van der Waals surface area (Å²) in [7, 11) is 2.13. The summed E-state index contributed by atoms with van der Waals surface area (Å²) in [4.78, 5) is 6.52. The Labute approximate surface area is 96.4 Å². The van der Waals surface area contributed by atoms with Gasteiger partial charge in [-0.15, -0.1) is 0 Å². The second kappa shape index (κ2) is 5.27. The maximum absolute atomic E-state index is 5.60. The van der Waals surface area contributed by atoms with Gasteiger partial charge in [-0.1, -0.05) is 0 Å². The Morgan fingerprint density at radius 1 is 1.50 bits per heavy atom. The van der Waals surface area contributed by atoms with E-state index >= 15 is 0 Å². The molecule has 1 saturated heterocycles. The SMILES string of the molecule is CN(c1ccnc(CN)c1)C1CCOCC1. The third kappa shape index (κ3) is 2.51. The van der Waals surface area contributed by atoms with Gasteiger partial charge in [-0.3, -0.25) is 4.98 Å². The van der Waals surface area contributed by atoms with Crippen molar-refractivity contribution in [2.75, 3.05) is 25.2 Å². The summed E-state index contributed by atoms with van der Waals surface area (Å²) in [6.45, 7) is 2.23. The topological polar surface area (TPSA) is 51.4 Å². The monoisotopic (exact) mass is 221 g/mol. The van der Waals surface area contributed by atoms with E-state index in [4.69, 9.17) is 10.5 Å². The van der Waals surface area contributed by atoms with Crippen molar-refractivity contribution >= 4 is 5.69 Å². The predicted molar refractivity (Wildman–Crippen MR) is 64.4 cm³/mol. The third-order valence-electron chi connectivity index (χ3n) is 3.16. The van der Waals surface area contributed by atoms with E-state index in [9.17, 15) is 0 Å². The first-order valence-electron chi connectivity index (χ1n) is 5.77. The summed E-state index contributed by atoms with van der Waals surface area (Å²) >= 11 is 0. The summed E-state index contributed by atoms with van der Waals surface area (Å²) in [5, 5.41) is 0. The molecule has 2 rings (SSSR count). The maximum atomic E-state index is 5.60. The molecule has 0 aromatic carbocycles. The Kier molecular flexibility index (Phi) is 3.74. The Morgan fingerprint density at radius 3 is 2.94 bits per heavy atom. The van der Waals surface area contributed by atoms with Crippen molar-refractivity contribution in [3.8, 4) is 0 Å². The van der Waals surface area contributed by atoms with Crippen LogP contribution in [0.1, 0.15) is 18.5 Å². The highest BCUT2D eigenvalue weighted by atomic mass is 16.5. The first kappa shape index (κ1) is 11.4. The number of rotatable bonds is 3. The van der Waals surface area contributed by atoms with Crippen molar-refractivity contribution in [1.29, 1.82) is 0 Å². The van der Waals surface area contributed by atoms with Gasteiger partial charge in [0.25, 0.3) is 0 Å². The van der Waals surface area contributed by atoms with Crippen LogP contribution in [0.2, 0.25) is 0 Å². The molecule has 0 amide bonds. The number of nitrogens with two attached hydrogens (primary N) is 1. The molecular weight excluding hydrogens is 202 g/mol. The Morgan fingerprint density at radius 2 is 2.25 bits per heavy atom. The molecule has 16 heavy (non-hydrogen) atoms. The van der Waals surface area contributed by atoms with Crippen LogP contribution in [0.3, 0.4) is 0 Å². The van der Waals surface area contributed by atoms with Gasteiger partial charge in [0.2, 0.25) is 0 Å². The lowest BCUT2D eigenvalue weighted by Crippen LogP contribution is -2.36. The van der Waals surface area contributed by atoms with Gasteiger partial charge in [-0.05, 0) is 25.0 Å². The van der Waals surface area contributed by atoms with Gasteiger partial charge in [0.05, 0.1) is 5.69 Å². The molecule has 0 spiro atoms. The van der Waals surface area contributed by atoms with Crippen molar-refractivity contribution in [2.24, 2.45) is 5.73 Å². The molecule has 1 aromatic rings. The minimum atomic E-state index is 0.495. The standard InChI is InChI=1S/C12H19N3O/c1-15(11-3-6-16-7-4-11)12-2-5-14-10(8-12)9-13/h2,5,8,11H,3-4,6-7,9,13H2,1H3. The van der Waals surface area contributed by atoms with Crippen LogP contribution in [-0.2, 0) is 11.3 Å². The number of ether oxygens (including phenoxy) is 1. The molecule has 2 N–H and O–H groups in total. The number of hydrogen-bond acceptors (Lipinski definition) is 4. The molecule has 0 unspecified atom stereocenters. The second-order valence-electron chi connectivity index (χ2n) is 4.16. The van der Waals surface area contributed by atoms with Gasteiger partial charge in [-0.25, -0.2) is 0 Å². The van der Waals surface area contributed by atoms with Gasteiger partial charge in [-0.2, -0.15) is 0 Å². The van der Waals surface area contributed by atoms with Gasteiger partial charge in [0.15, 0.2) is 0 Å². The number of anilines is 1. The summed E-state index contributed by atoms with van der Waals surface area (Å²) in [6.07, 6.45) is 4.01. The van der Waals surface area contributed by atoms with E-state index < -0.39 is 0 Å². The van der Waals surface area contributed by atoms with E-state index in [1.807, 2.05) is 12.3 Å². The van der Waals surface area contributed by atoms with E-state index in [1.165, 1.54) is 5.69 Å². The number of aromatic nitrogens is 1. The lowest BCUT2D eigenvalue weighted by Gasteiger charge is -2.33. The smallest absolute Gasteiger partial charge is 0.0560 e. The van der Waals surface area contributed by atoms with Crippen molar-refractivity contribution in [3.63, 3.8) is 0 Å². The Balaban J connectivity index is 2.09. The van der Waals surface area contributed by atoms with Gasteiger partial charge in [0.1, 0.15) is 0 Å². The molecule has 0 atom stereocenters. The summed E-state index contributed by atoms with van der Waals surface area (Å²) in [6, 6.07) is 4.67. The number of hydrogen-bond donors (Lipinski definition) is 1. The fraction of sp³-hybridized carbons (Fsp3) is 0.583. The summed E-state index contributed by atoms with van der Waals surface area (Å²) in [5.41, 5.74) is 7.73. The highest BCUT2D eigenvalue weighted by Gasteiger charge is 2.18. The van der Waals surface area contributed by atoms with Crippen LogP contribution >= 0.6 is 0 Å². The zero-order chi connectivity index (χ0) is 11.4. The molecular formula is C12H19N3O. The lowest BCUT2D eigenvalue weighted by molar-refractivity contribution is 0.0855. The van der Waals surface area contributed by atoms with Crippen LogP contribution in [0.15, 0.2) is 18.3 Å². The average Bonchev–Trinajstić information content (AvgIpc) is 2.39. The molecule has 0 saturated carbocycles. The fourth-order valence-corrected chi connectivity index (χ4v) is 2.08. The van der Waals surface area contributed by atoms with E-state index in [0.717, 1.165) is 31.7 Å². The van der Waals surface area contributed by atoms with Crippen LogP contribution in [0.5, 0.6) is 0 Å². The van der Waals surface area contributed by atoms with E-state index in [-0.39, 0.29) is 0 Å². The van der Waals surface area contributed by atoms with Gasteiger partial charge < -0.3 is 15.4 Å². The molecule has 88 valence electrons.